The number of carbonyl (C=O) groups excluding carboxylic acids is 1. The average molecular weight is 385 g/mol. The third kappa shape index (κ3) is 3.95. The first-order valence-electron chi connectivity index (χ1n) is 8.75. The fraction of sp³-hybridized carbons (Fsp3) is 0.316. The SMILES string of the molecule is Cc1cc(OC2CCN(C(=O)c3cc(-c4cccs4)[nH]n3)CC2)cc(=O)o1. The normalized spacial score (nSPS) is 15.1. The van der Waals surface area contributed by atoms with E-state index in [-0.39, 0.29) is 12.0 Å². The molecule has 0 atom stereocenters. The molecule has 140 valence electrons. The smallest absolute Gasteiger partial charge is 0.339 e. The van der Waals surface area contributed by atoms with Crippen molar-refractivity contribution in [1.82, 2.24) is 15.1 Å². The Labute approximate surface area is 159 Å². The first-order chi connectivity index (χ1) is 13.1. The highest BCUT2D eigenvalue weighted by molar-refractivity contribution is 7.13. The van der Waals surface area contributed by atoms with E-state index in [9.17, 15) is 9.59 Å². The summed E-state index contributed by atoms with van der Waals surface area (Å²) in [5.41, 5.74) is 0.858. The van der Waals surface area contributed by atoms with Gasteiger partial charge in [-0.3, -0.25) is 9.89 Å². The Morgan fingerprint density at radius 1 is 1.33 bits per heavy atom. The molecule has 1 amide bonds. The molecule has 8 heteroatoms. The molecule has 7 nitrogen and oxygen atoms in total. The zero-order valence-corrected chi connectivity index (χ0v) is 15.6. The van der Waals surface area contributed by atoms with Gasteiger partial charge in [0.15, 0.2) is 5.69 Å². The number of piperidine rings is 1. The number of aryl methyl sites for hydroxylation is 1. The van der Waals surface area contributed by atoms with Crippen LogP contribution in [0.4, 0.5) is 0 Å². The molecular formula is C19H19N3O4S. The Hall–Kier alpha value is -2.87. The van der Waals surface area contributed by atoms with Gasteiger partial charge in [0.2, 0.25) is 0 Å². The summed E-state index contributed by atoms with van der Waals surface area (Å²) in [4.78, 5) is 27.0. The molecule has 1 N–H and O–H groups in total. The van der Waals surface area contributed by atoms with E-state index >= 15 is 0 Å². The minimum Gasteiger partial charge on any atom is -0.490 e. The molecule has 4 heterocycles. The second-order valence-electron chi connectivity index (χ2n) is 6.48. The first-order valence-corrected chi connectivity index (χ1v) is 9.63. The van der Waals surface area contributed by atoms with E-state index in [1.54, 1.807) is 35.3 Å². The number of aromatic amines is 1. The van der Waals surface area contributed by atoms with Gasteiger partial charge in [-0.15, -0.1) is 11.3 Å². The van der Waals surface area contributed by atoms with Crippen molar-refractivity contribution >= 4 is 17.2 Å². The monoisotopic (exact) mass is 385 g/mol. The maximum atomic E-state index is 12.7. The van der Waals surface area contributed by atoms with Gasteiger partial charge in [-0.25, -0.2) is 4.79 Å². The van der Waals surface area contributed by atoms with Crippen molar-refractivity contribution in [2.75, 3.05) is 13.1 Å². The lowest BCUT2D eigenvalue weighted by Gasteiger charge is -2.31. The second-order valence-corrected chi connectivity index (χ2v) is 7.42. The predicted octanol–water partition coefficient (Wildman–Crippen LogP) is 3.08. The highest BCUT2D eigenvalue weighted by Gasteiger charge is 2.26. The number of nitrogens with one attached hydrogen (secondary N) is 1. The predicted molar refractivity (Wildman–Crippen MR) is 101 cm³/mol. The number of H-pyrrole nitrogens is 1. The molecule has 0 radical (unpaired) electrons. The van der Waals surface area contributed by atoms with Crippen LogP contribution >= 0.6 is 11.3 Å². The van der Waals surface area contributed by atoms with Crippen LogP contribution in [0.15, 0.2) is 44.9 Å². The summed E-state index contributed by atoms with van der Waals surface area (Å²) < 4.78 is 10.8. The van der Waals surface area contributed by atoms with Gasteiger partial charge in [-0.05, 0) is 24.4 Å². The number of likely N-dealkylation sites (tertiary alicyclic amines) is 1. The molecule has 3 aromatic rings. The van der Waals surface area contributed by atoms with Gasteiger partial charge in [-0.2, -0.15) is 5.10 Å². The number of hydrogen-bond acceptors (Lipinski definition) is 6. The molecule has 1 saturated heterocycles. The van der Waals surface area contributed by atoms with Crippen molar-refractivity contribution in [3.63, 3.8) is 0 Å². The van der Waals surface area contributed by atoms with Crippen LogP contribution in [0.1, 0.15) is 29.1 Å². The maximum absolute atomic E-state index is 12.7. The minimum atomic E-state index is -0.419. The zero-order chi connectivity index (χ0) is 18.8. The molecule has 0 spiro atoms. The van der Waals surface area contributed by atoms with Crippen molar-refractivity contribution in [3.05, 3.63) is 57.6 Å². The molecule has 27 heavy (non-hydrogen) atoms. The fourth-order valence-electron chi connectivity index (χ4n) is 3.16. The molecule has 0 aliphatic carbocycles. The Balaban J connectivity index is 1.36. The van der Waals surface area contributed by atoms with E-state index in [2.05, 4.69) is 10.2 Å². The summed E-state index contributed by atoms with van der Waals surface area (Å²) in [7, 11) is 0. The van der Waals surface area contributed by atoms with Crippen molar-refractivity contribution in [1.29, 1.82) is 0 Å². The molecule has 3 aromatic heterocycles. The van der Waals surface area contributed by atoms with Crippen molar-refractivity contribution in [2.45, 2.75) is 25.9 Å². The lowest BCUT2D eigenvalue weighted by atomic mass is 10.1. The van der Waals surface area contributed by atoms with Crippen LogP contribution in [-0.2, 0) is 0 Å². The largest absolute Gasteiger partial charge is 0.490 e. The van der Waals surface area contributed by atoms with Crippen molar-refractivity contribution < 1.29 is 13.9 Å². The highest BCUT2D eigenvalue weighted by atomic mass is 32.1. The summed E-state index contributed by atoms with van der Waals surface area (Å²) in [6, 6.07) is 8.80. The minimum absolute atomic E-state index is 0.0314. The van der Waals surface area contributed by atoms with E-state index in [0.717, 1.165) is 10.6 Å². The Morgan fingerprint density at radius 3 is 2.85 bits per heavy atom. The summed E-state index contributed by atoms with van der Waals surface area (Å²) in [6.07, 6.45) is 1.37. The fourth-order valence-corrected chi connectivity index (χ4v) is 3.86. The van der Waals surface area contributed by atoms with E-state index in [0.29, 0.717) is 43.1 Å². The van der Waals surface area contributed by atoms with Crippen LogP contribution in [-0.4, -0.2) is 40.2 Å². The Bertz CT molecular complexity index is 985. The number of amides is 1. The quantitative estimate of drug-likeness (QED) is 0.746. The van der Waals surface area contributed by atoms with Crippen molar-refractivity contribution in [3.8, 4) is 16.3 Å². The van der Waals surface area contributed by atoms with Crippen molar-refractivity contribution in [2.24, 2.45) is 0 Å². The molecule has 0 aromatic carbocycles. The van der Waals surface area contributed by atoms with Crippen LogP contribution in [0.3, 0.4) is 0 Å². The molecule has 4 rings (SSSR count). The molecule has 1 aliphatic heterocycles. The number of nitrogens with zero attached hydrogens (tertiary/aromatic N) is 2. The number of thiophene rings is 1. The zero-order valence-electron chi connectivity index (χ0n) is 14.8. The lowest BCUT2D eigenvalue weighted by molar-refractivity contribution is 0.0589. The molecule has 1 aliphatic rings. The summed E-state index contributed by atoms with van der Waals surface area (Å²) in [5.74, 6) is 0.954. The van der Waals surface area contributed by atoms with E-state index in [1.165, 1.54) is 6.07 Å². The number of aromatic nitrogens is 2. The number of carbonyl (C=O) groups is 1. The van der Waals surface area contributed by atoms with Crippen LogP contribution in [0.25, 0.3) is 10.6 Å². The first kappa shape index (κ1) is 17.5. The number of hydrogen-bond donors (Lipinski definition) is 1. The third-order valence-corrected chi connectivity index (χ3v) is 5.39. The number of ether oxygens (including phenoxy) is 1. The van der Waals surface area contributed by atoms with Crippen LogP contribution < -0.4 is 10.4 Å². The Kier molecular flexibility index (Phi) is 4.81. The molecule has 0 unspecified atom stereocenters. The molecule has 1 fully saturated rings. The van der Waals surface area contributed by atoms with E-state index in [1.807, 2.05) is 17.5 Å². The van der Waals surface area contributed by atoms with Gasteiger partial charge in [0, 0.05) is 32.0 Å². The molecular weight excluding hydrogens is 366 g/mol. The van der Waals surface area contributed by atoms with Crippen LogP contribution in [0.2, 0.25) is 0 Å². The Morgan fingerprint density at radius 2 is 2.15 bits per heavy atom. The molecule has 0 bridgehead atoms. The van der Waals surface area contributed by atoms with Crippen LogP contribution in [0, 0.1) is 6.92 Å². The summed E-state index contributed by atoms with van der Waals surface area (Å²) in [5, 5.41) is 9.08. The highest BCUT2D eigenvalue weighted by Crippen LogP contribution is 2.24. The van der Waals surface area contributed by atoms with E-state index in [4.69, 9.17) is 9.15 Å². The van der Waals surface area contributed by atoms with Gasteiger partial charge in [-0.1, -0.05) is 6.07 Å². The standard InChI is InChI=1S/C19H19N3O4S/c1-12-9-14(10-18(23)25-12)26-13-4-6-22(7-5-13)19(24)16-11-15(20-21-16)17-3-2-8-27-17/h2-3,8-11,13H,4-7H2,1H3,(H,20,21). The van der Waals surface area contributed by atoms with Gasteiger partial charge < -0.3 is 14.1 Å². The summed E-state index contributed by atoms with van der Waals surface area (Å²) in [6.45, 7) is 2.89. The van der Waals surface area contributed by atoms with Gasteiger partial charge in [0.1, 0.15) is 17.6 Å². The second kappa shape index (κ2) is 7.40. The summed E-state index contributed by atoms with van der Waals surface area (Å²) >= 11 is 1.60. The third-order valence-electron chi connectivity index (χ3n) is 4.48. The number of rotatable bonds is 4. The lowest BCUT2D eigenvalue weighted by Crippen LogP contribution is -2.42. The average Bonchev–Trinajstić information content (AvgIpc) is 3.32. The van der Waals surface area contributed by atoms with Gasteiger partial charge in [0.25, 0.3) is 5.91 Å². The topological polar surface area (TPSA) is 88.4 Å². The molecule has 0 saturated carbocycles. The van der Waals surface area contributed by atoms with E-state index < -0.39 is 5.63 Å². The van der Waals surface area contributed by atoms with Gasteiger partial charge >= 0.3 is 5.63 Å². The maximum Gasteiger partial charge on any atom is 0.339 e. The van der Waals surface area contributed by atoms with Gasteiger partial charge in [0.05, 0.1) is 16.6 Å². The van der Waals surface area contributed by atoms with Crippen LogP contribution in [0.5, 0.6) is 5.75 Å².